The molecule has 1 amide bonds. The molecule has 3 aromatic rings. The zero-order chi connectivity index (χ0) is 21.5. The van der Waals surface area contributed by atoms with E-state index in [1.54, 1.807) is 31.2 Å². The van der Waals surface area contributed by atoms with Crippen molar-refractivity contribution >= 4 is 43.8 Å². The molecule has 0 aliphatic carbocycles. The highest BCUT2D eigenvalue weighted by molar-refractivity contribution is 7.93. The normalized spacial score (nSPS) is 14.1. The third kappa shape index (κ3) is 3.26. The summed E-state index contributed by atoms with van der Waals surface area (Å²) in [5.74, 6) is -0.328. The van der Waals surface area contributed by atoms with Crippen molar-refractivity contribution in [2.45, 2.75) is 24.7 Å². The Kier molecular flexibility index (Phi) is 4.90. The monoisotopic (exact) mass is 425 g/mol. The summed E-state index contributed by atoms with van der Waals surface area (Å²) in [6.45, 7) is 1.74. The maximum atomic E-state index is 12.9. The predicted octanol–water partition coefficient (Wildman–Crippen LogP) is 3.98. The van der Waals surface area contributed by atoms with Gasteiger partial charge in [-0.25, -0.2) is 8.42 Å². The first-order chi connectivity index (χ1) is 14.3. The molecule has 154 valence electrons. The van der Waals surface area contributed by atoms with Gasteiger partial charge in [0.2, 0.25) is 5.91 Å². The van der Waals surface area contributed by atoms with Gasteiger partial charge in [0.25, 0.3) is 15.7 Å². The van der Waals surface area contributed by atoms with E-state index in [9.17, 15) is 23.3 Å². The van der Waals surface area contributed by atoms with Crippen LogP contribution in [0.15, 0.2) is 59.5 Å². The number of nitrogens with zero attached hydrogens (tertiary/aromatic N) is 2. The number of benzene rings is 3. The maximum Gasteiger partial charge on any atom is 0.274 e. The number of anilines is 2. The maximum absolute atomic E-state index is 12.9. The van der Waals surface area contributed by atoms with E-state index < -0.39 is 14.9 Å². The van der Waals surface area contributed by atoms with Gasteiger partial charge in [0.1, 0.15) is 0 Å². The van der Waals surface area contributed by atoms with E-state index in [1.807, 2.05) is 18.2 Å². The summed E-state index contributed by atoms with van der Waals surface area (Å²) in [5.41, 5.74) is 1.31. The van der Waals surface area contributed by atoms with Gasteiger partial charge in [-0.15, -0.1) is 0 Å². The molecule has 9 heteroatoms. The Morgan fingerprint density at radius 1 is 1.10 bits per heavy atom. The average Bonchev–Trinajstić information content (AvgIpc) is 2.92. The van der Waals surface area contributed by atoms with Crippen molar-refractivity contribution in [1.29, 1.82) is 0 Å². The molecule has 0 fully saturated rings. The van der Waals surface area contributed by atoms with Crippen LogP contribution >= 0.6 is 0 Å². The highest BCUT2D eigenvalue weighted by Gasteiger charge is 2.35. The molecule has 0 aromatic heterocycles. The lowest BCUT2D eigenvalue weighted by molar-refractivity contribution is -0.385. The standard InChI is InChI=1S/C21H19N3O5S/c1-14-16(8-4-9-17(14)24(26)27)22-20(25)12-5-13-23-18-10-2-6-15-7-3-11-19(21(15)18)30(23,28)29/h2-4,6-11H,5,12-13H2,1H3,(H,22,25). The number of sulfonamides is 1. The Morgan fingerprint density at radius 3 is 2.53 bits per heavy atom. The number of amides is 1. The number of nitrogens with one attached hydrogen (secondary N) is 1. The van der Waals surface area contributed by atoms with Crippen LogP contribution in [0.25, 0.3) is 10.8 Å². The number of rotatable bonds is 6. The Morgan fingerprint density at radius 2 is 1.80 bits per heavy atom. The zero-order valence-electron chi connectivity index (χ0n) is 16.2. The minimum atomic E-state index is -3.65. The van der Waals surface area contributed by atoms with Gasteiger partial charge < -0.3 is 5.32 Å². The topological polar surface area (TPSA) is 110 Å². The third-order valence-corrected chi connectivity index (χ3v) is 7.08. The number of hydrogen-bond acceptors (Lipinski definition) is 5. The zero-order valence-corrected chi connectivity index (χ0v) is 17.0. The number of nitro groups is 1. The average molecular weight is 425 g/mol. The molecule has 0 radical (unpaired) electrons. The second-order valence-corrected chi connectivity index (χ2v) is 8.90. The molecule has 0 saturated heterocycles. The van der Waals surface area contributed by atoms with Gasteiger partial charge in [0.05, 0.1) is 26.8 Å². The lowest BCUT2D eigenvalue weighted by Gasteiger charge is -2.18. The fraction of sp³-hybridized carbons (Fsp3) is 0.190. The molecule has 1 heterocycles. The first-order valence-electron chi connectivity index (χ1n) is 9.39. The Labute approximate surface area is 173 Å². The molecule has 0 spiro atoms. The highest BCUT2D eigenvalue weighted by Crippen LogP contribution is 2.42. The molecule has 3 aromatic carbocycles. The summed E-state index contributed by atoms with van der Waals surface area (Å²) < 4.78 is 27.2. The van der Waals surface area contributed by atoms with Crippen molar-refractivity contribution in [3.63, 3.8) is 0 Å². The molecule has 1 N–H and O–H groups in total. The first kappa shape index (κ1) is 19.8. The molecule has 0 atom stereocenters. The summed E-state index contributed by atoms with van der Waals surface area (Å²) in [4.78, 5) is 23.2. The van der Waals surface area contributed by atoms with Gasteiger partial charge in [-0.3, -0.25) is 19.2 Å². The van der Waals surface area contributed by atoms with Crippen molar-refractivity contribution in [3.05, 3.63) is 70.3 Å². The fourth-order valence-electron chi connectivity index (χ4n) is 3.75. The van der Waals surface area contributed by atoms with E-state index >= 15 is 0 Å². The Balaban J connectivity index is 1.46. The third-order valence-electron chi connectivity index (χ3n) is 5.22. The van der Waals surface area contributed by atoms with E-state index in [4.69, 9.17) is 0 Å². The molecule has 0 saturated carbocycles. The van der Waals surface area contributed by atoms with Crippen molar-refractivity contribution < 1.29 is 18.1 Å². The van der Waals surface area contributed by atoms with Crippen LogP contribution in [0.4, 0.5) is 17.1 Å². The van der Waals surface area contributed by atoms with Crippen LogP contribution in [0.2, 0.25) is 0 Å². The minimum Gasteiger partial charge on any atom is -0.326 e. The molecular weight excluding hydrogens is 406 g/mol. The van der Waals surface area contributed by atoms with E-state index in [-0.39, 0.29) is 29.5 Å². The molecule has 1 aliphatic rings. The number of nitro benzene ring substituents is 1. The van der Waals surface area contributed by atoms with Crippen LogP contribution < -0.4 is 9.62 Å². The smallest absolute Gasteiger partial charge is 0.274 e. The van der Waals surface area contributed by atoms with Crippen molar-refractivity contribution in [2.24, 2.45) is 0 Å². The number of carbonyl (C=O) groups excluding carboxylic acids is 1. The summed E-state index contributed by atoms with van der Waals surface area (Å²) in [6, 6.07) is 15.1. The second kappa shape index (κ2) is 7.42. The second-order valence-electron chi connectivity index (χ2n) is 7.07. The summed E-state index contributed by atoms with van der Waals surface area (Å²) >= 11 is 0. The Bertz CT molecular complexity index is 1280. The van der Waals surface area contributed by atoms with Crippen molar-refractivity contribution in [2.75, 3.05) is 16.2 Å². The molecule has 0 bridgehead atoms. The number of carbonyl (C=O) groups is 1. The van der Waals surface area contributed by atoms with Gasteiger partial charge in [0.15, 0.2) is 0 Å². The predicted molar refractivity (Wildman–Crippen MR) is 114 cm³/mol. The van der Waals surface area contributed by atoms with Crippen LogP contribution in [0.1, 0.15) is 18.4 Å². The summed E-state index contributed by atoms with van der Waals surface area (Å²) in [5, 5.41) is 15.3. The molecular formula is C21H19N3O5S. The van der Waals surface area contributed by atoms with Gasteiger partial charge >= 0.3 is 0 Å². The van der Waals surface area contributed by atoms with Crippen LogP contribution in [-0.4, -0.2) is 25.8 Å². The quantitative estimate of drug-likeness (QED) is 0.474. The fourth-order valence-corrected chi connectivity index (χ4v) is 5.50. The van der Waals surface area contributed by atoms with Crippen LogP contribution in [0.5, 0.6) is 0 Å². The molecule has 4 rings (SSSR count). The lowest BCUT2D eigenvalue weighted by atomic mass is 10.1. The van der Waals surface area contributed by atoms with Gasteiger partial charge in [-0.2, -0.15) is 0 Å². The summed E-state index contributed by atoms with van der Waals surface area (Å²) in [7, 11) is -3.65. The lowest BCUT2D eigenvalue weighted by Crippen LogP contribution is -2.29. The minimum absolute atomic E-state index is 0.0678. The van der Waals surface area contributed by atoms with Gasteiger partial charge in [-0.1, -0.05) is 30.3 Å². The van der Waals surface area contributed by atoms with E-state index in [1.165, 1.54) is 16.4 Å². The molecule has 1 aliphatic heterocycles. The first-order valence-corrected chi connectivity index (χ1v) is 10.8. The van der Waals surface area contributed by atoms with Gasteiger partial charge in [-0.05, 0) is 36.9 Å². The highest BCUT2D eigenvalue weighted by atomic mass is 32.2. The van der Waals surface area contributed by atoms with Crippen molar-refractivity contribution in [1.82, 2.24) is 0 Å². The van der Waals surface area contributed by atoms with Crippen molar-refractivity contribution in [3.8, 4) is 0 Å². The van der Waals surface area contributed by atoms with Crippen LogP contribution in [0.3, 0.4) is 0 Å². The molecule has 0 unspecified atom stereocenters. The van der Waals surface area contributed by atoms with Gasteiger partial charge in [0, 0.05) is 24.4 Å². The Hall–Kier alpha value is -3.46. The van der Waals surface area contributed by atoms with Crippen LogP contribution in [-0.2, 0) is 14.8 Å². The largest absolute Gasteiger partial charge is 0.326 e. The number of hydrogen-bond donors (Lipinski definition) is 1. The molecule has 8 nitrogen and oxygen atoms in total. The van der Waals surface area contributed by atoms with E-state index in [0.717, 1.165) is 5.39 Å². The summed E-state index contributed by atoms with van der Waals surface area (Å²) in [6.07, 6.45) is 0.393. The SMILES string of the molecule is Cc1c(NC(=O)CCCN2c3cccc4cccc(c34)S2(=O)=O)cccc1[N+](=O)[O-]. The van der Waals surface area contributed by atoms with E-state index in [2.05, 4.69) is 5.32 Å². The van der Waals surface area contributed by atoms with E-state index in [0.29, 0.717) is 28.7 Å². The van der Waals surface area contributed by atoms with Crippen LogP contribution in [0, 0.1) is 17.0 Å². The molecule has 30 heavy (non-hydrogen) atoms.